The van der Waals surface area contributed by atoms with Crippen LogP contribution in [-0.2, 0) is 11.3 Å². The summed E-state index contributed by atoms with van der Waals surface area (Å²) in [7, 11) is 1.64. The van der Waals surface area contributed by atoms with Crippen molar-refractivity contribution in [2.75, 3.05) is 18.6 Å². The van der Waals surface area contributed by atoms with Crippen LogP contribution >= 0.6 is 11.5 Å². The highest BCUT2D eigenvalue weighted by Crippen LogP contribution is 2.39. The number of fused-ring (bicyclic) bond motifs is 2. The molecule has 9 heteroatoms. The first-order valence-corrected chi connectivity index (χ1v) is 8.79. The molecule has 2 aromatic heterocycles. The molecule has 1 aliphatic carbocycles. The molecule has 1 amide bonds. The van der Waals surface area contributed by atoms with Crippen LogP contribution in [0.15, 0.2) is 17.1 Å². The Morgan fingerprint density at radius 1 is 1.54 bits per heavy atom. The van der Waals surface area contributed by atoms with Gasteiger partial charge in [0.1, 0.15) is 12.9 Å². The van der Waals surface area contributed by atoms with E-state index >= 15 is 0 Å². The van der Waals surface area contributed by atoms with Gasteiger partial charge in [-0.2, -0.15) is 4.37 Å². The minimum Gasteiger partial charge on any atom is -0.451 e. The number of carbonyl (C=O) groups is 1. The number of hydrogen-bond acceptors (Lipinski definition) is 8. The van der Waals surface area contributed by atoms with Crippen LogP contribution in [0.5, 0.6) is 0 Å². The zero-order valence-corrected chi connectivity index (χ0v) is 14.2. The molecule has 3 atom stereocenters. The summed E-state index contributed by atoms with van der Waals surface area (Å²) in [5.41, 5.74) is 0.334. The molecule has 2 fully saturated rings. The third kappa shape index (κ3) is 2.89. The molecule has 0 spiro atoms. The lowest BCUT2D eigenvalue weighted by Gasteiger charge is -2.28. The fraction of sp³-hybridized carbons (Fsp3) is 0.600. The molecule has 0 radical (unpaired) electrons. The van der Waals surface area contributed by atoms with Gasteiger partial charge >= 0.3 is 0 Å². The van der Waals surface area contributed by atoms with Gasteiger partial charge in [0.2, 0.25) is 5.13 Å². The highest BCUT2D eigenvalue weighted by atomic mass is 32.1. The SMILES string of the molecule is COCc1nsc(N2CC3CC2CCC3NC(=O)c2cocn2)n1. The molecule has 1 aliphatic heterocycles. The molecule has 2 bridgehead atoms. The minimum absolute atomic E-state index is 0.163. The van der Waals surface area contributed by atoms with Gasteiger partial charge in [-0.1, -0.05) is 0 Å². The van der Waals surface area contributed by atoms with Gasteiger partial charge in [0.25, 0.3) is 5.91 Å². The van der Waals surface area contributed by atoms with Gasteiger partial charge < -0.3 is 19.4 Å². The summed E-state index contributed by atoms with van der Waals surface area (Å²) in [6.07, 6.45) is 5.73. The molecular weight excluding hydrogens is 330 g/mol. The van der Waals surface area contributed by atoms with Crippen molar-refractivity contribution in [1.82, 2.24) is 19.7 Å². The van der Waals surface area contributed by atoms with Gasteiger partial charge in [-0.3, -0.25) is 4.79 Å². The summed E-state index contributed by atoms with van der Waals surface area (Å²) in [4.78, 5) is 23.0. The standard InChI is InChI=1S/C15H19N5O3S/c1-22-7-13-18-15(24-19-13)20-5-9-4-10(20)2-3-11(9)17-14(21)12-6-23-8-16-12/h6,8-11H,2-5,7H2,1H3,(H,17,21). The van der Waals surface area contributed by atoms with Gasteiger partial charge in [0.05, 0.1) is 0 Å². The van der Waals surface area contributed by atoms with Crippen LogP contribution in [0.25, 0.3) is 0 Å². The summed E-state index contributed by atoms with van der Waals surface area (Å²) >= 11 is 1.42. The summed E-state index contributed by atoms with van der Waals surface area (Å²) < 4.78 is 14.3. The van der Waals surface area contributed by atoms with Crippen molar-refractivity contribution in [2.45, 2.75) is 38.0 Å². The Kier molecular flexibility index (Phi) is 4.19. The molecule has 1 saturated heterocycles. The number of rotatable bonds is 5. The zero-order valence-electron chi connectivity index (χ0n) is 13.3. The predicted molar refractivity (Wildman–Crippen MR) is 86.9 cm³/mol. The molecule has 4 rings (SSSR count). The van der Waals surface area contributed by atoms with Crippen molar-refractivity contribution in [3.63, 3.8) is 0 Å². The quantitative estimate of drug-likeness (QED) is 0.873. The molecule has 2 aliphatic rings. The van der Waals surface area contributed by atoms with Crippen molar-refractivity contribution in [3.05, 3.63) is 24.2 Å². The first kappa shape index (κ1) is 15.5. The average molecular weight is 349 g/mol. The summed E-state index contributed by atoms with van der Waals surface area (Å²) in [5.74, 6) is 0.994. The Morgan fingerprint density at radius 2 is 2.46 bits per heavy atom. The monoisotopic (exact) mass is 349 g/mol. The Morgan fingerprint density at radius 3 is 3.25 bits per heavy atom. The van der Waals surface area contributed by atoms with E-state index in [0.29, 0.717) is 24.3 Å². The Bertz CT molecular complexity index is 704. The maximum atomic E-state index is 12.2. The predicted octanol–water partition coefficient (Wildman–Crippen LogP) is 1.46. The normalized spacial score (nSPS) is 25.9. The maximum Gasteiger partial charge on any atom is 0.273 e. The smallest absolute Gasteiger partial charge is 0.273 e. The van der Waals surface area contributed by atoms with Crippen LogP contribution in [0, 0.1) is 5.92 Å². The highest BCUT2D eigenvalue weighted by molar-refractivity contribution is 7.09. The third-order valence-electron chi connectivity index (χ3n) is 4.78. The third-order valence-corrected chi connectivity index (χ3v) is 5.58. The molecule has 1 N–H and O–H groups in total. The van der Waals surface area contributed by atoms with Crippen LogP contribution in [0.2, 0.25) is 0 Å². The van der Waals surface area contributed by atoms with E-state index in [-0.39, 0.29) is 11.9 Å². The van der Waals surface area contributed by atoms with E-state index in [1.165, 1.54) is 24.2 Å². The fourth-order valence-corrected chi connectivity index (χ4v) is 4.42. The number of ether oxygens (including phenoxy) is 1. The van der Waals surface area contributed by atoms with E-state index in [9.17, 15) is 4.79 Å². The lowest BCUT2D eigenvalue weighted by molar-refractivity contribution is 0.0909. The summed E-state index contributed by atoms with van der Waals surface area (Å²) in [6, 6.07) is 0.653. The second-order valence-electron chi connectivity index (χ2n) is 6.26. The average Bonchev–Trinajstić information content (AvgIpc) is 3.31. The molecular formula is C15H19N5O3S. The van der Waals surface area contributed by atoms with E-state index in [0.717, 1.165) is 36.8 Å². The molecule has 24 heavy (non-hydrogen) atoms. The van der Waals surface area contributed by atoms with Gasteiger partial charge in [0.15, 0.2) is 17.9 Å². The zero-order chi connectivity index (χ0) is 16.5. The van der Waals surface area contributed by atoms with Crippen molar-refractivity contribution >= 4 is 22.6 Å². The number of nitrogens with one attached hydrogen (secondary N) is 1. The van der Waals surface area contributed by atoms with E-state index in [1.54, 1.807) is 7.11 Å². The molecule has 3 heterocycles. The lowest BCUT2D eigenvalue weighted by atomic mass is 9.85. The van der Waals surface area contributed by atoms with Gasteiger partial charge in [0, 0.05) is 37.3 Å². The molecule has 3 unspecified atom stereocenters. The van der Waals surface area contributed by atoms with Gasteiger partial charge in [-0.25, -0.2) is 9.97 Å². The topological polar surface area (TPSA) is 93.4 Å². The van der Waals surface area contributed by atoms with Crippen molar-refractivity contribution < 1.29 is 13.9 Å². The Balaban J connectivity index is 1.42. The van der Waals surface area contributed by atoms with Crippen LogP contribution in [0.1, 0.15) is 35.6 Å². The van der Waals surface area contributed by atoms with Crippen LogP contribution in [-0.4, -0.2) is 46.0 Å². The van der Waals surface area contributed by atoms with E-state index in [4.69, 9.17) is 9.15 Å². The van der Waals surface area contributed by atoms with Crippen molar-refractivity contribution in [2.24, 2.45) is 5.92 Å². The number of amides is 1. The summed E-state index contributed by atoms with van der Waals surface area (Å²) in [5, 5.41) is 4.06. The van der Waals surface area contributed by atoms with Gasteiger partial charge in [-0.15, -0.1) is 0 Å². The number of oxazole rings is 1. The van der Waals surface area contributed by atoms with Crippen molar-refractivity contribution in [3.8, 4) is 0 Å². The molecule has 1 saturated carbocycles. The van der Waals surface area contributed by atoms with E-state index < -0.39 is 0 Å². The molecule has 8 nitrogen and oxygen atoms in total. The van der Waals surface area contributed by atoms with E-state index in [2.05, 4.69) is 24.6 Å². The van der Waals surface area contributed by atoms with Crippen molar-refractivity contribution in [1.29, 1.82) is 0 Å². The Hall–Kier alpha value is -2.00. The first-order chi connectivity index (χ1) is 11.7. The lowest BCUT2D eigenvalue weighted by Crippen LogP contribution is -2.42. The Labute approximate surface area is 143 Å². The van der Waals surface area contributed by atoms with Crippen LogP contribution in [0.3, 0.4) is 0 Å². The van der Waals surface area contributed by atoms with Gasteiger partial charge in [-0.05, 0) is 25.2 Å². The summed E-state index contributed by atoms with van der Waals surface area (Å²) in [6.45, 7) is 1.34. The number of carbonyl (C=O) groups excluding carboxylic acids is 1. The van der Waals surface area contributed by atoms with Crippen LogP contribution < -0.4 is 10.2 Å². The molecule has 128 valence electrons. The molecule has 0 aromatic carbocycles. The fourth-order valence-electron chi connectivity index (χ4n) is 3.67. The maximum absolute atomic E-state index is 12.2. The van der Waals surface area contributed by atoms with E-state index in [1.807, 2.05) is 0 Å². The number of aromatic nitrogens is 3. The number of anilines is 1. The largest absolute Gasteiger partial charge is 0.451 e. The molecule has 2 aromatic rings. The first-order valence-electron chi connectivity index (χ1n) is 8.02. The van der Waals surface area contributed by atoms with Crippen LogP contribution in [0.4, 0.5) is 5.13 Å². The number of hydrogen-bond donors (Lipinski definition) is 1. The highest BCUT2D eigenvalue weighted by Gasteiger charge is 2.42. The second kappa shape index (κ2) is 6.48. The minimum atomic E-state index is -0.163. The number of nitrogens with zero attached hydrogens (tertiary/aromatic N) is 4. The second-order valence-corrected chi connectivity index (χ2v) is 6.99. The number of methoxy groups -OCH3 is 1.